The van der Waals surface area contributed by atoms with E-state index >= 15 is 0 Å². The average molecular weight is 253 g/mol. The van der Waals surface area contributed by atoms with E-state index < -0.39 is 0 Å². The van der Waals surface area contributed by atoms with E-state index in [0.717, 1.165) is 18.0 Å². The van der Waals surface area contributed by atoms with Gasteiger partial charge in [0.15, 0.2) is 5.96 Å². The van der Waals surface area contributed by atoms with Crippen LogP contribution in [0.4, 0.5) is 0 Å². The molecule has 1 unspecified atom stereocenters. The van der Waals surface area contributed by atoms with Crippen LogP contribution in [0, 0.1) is 11.3 Å². The lowest BCUT2D eigenvalue weighted by Gasteiger charge is -2.22. The zero-order chi connectivity index (χ0) is 12.3. The molecule has 1 aliphatic heterocycles. The maximum Gasteiger partial charge on any atom is 0.188 e. The molecular formula is C13H23N3S. The van der Waals surface area contributed by atoms with Gasteiger partial charge < -0.3 is 11.1 Å². The summed E-state index contributed by atoms with van der Waals surface area (Å²) in [4.78, 5) is 4.24. The summed E-state index contributed by atoms with van der Waals surface area (Å²) in [5.74, 6) is 4.08. The highest BCUT2D eigenvalue weighted by molar-refractivity contribution is 7.99. The summed E-state index contributed by atoms with van der Waals surface area (Å²) in [6.45, 7) is 7.40. The fourth-order valence-electron chi connectivity index (χ4n) is 2.61. The molecular weight excluding hydrogens is 230 g/mol. The molecule has 0 aromatic rings. The molecule has 1 atom stereocenters. The lowest BCUT2D eigenvalue weighted by Crippen LogP contribution is -2.34. The highest BCUT2D eigenvalue weighted by atomic mass is 32.2. The van der Waals surface area contributed by atoms with Crippen LogP contribution in [0.15, 0.2) is 17.1 Å². The number of thioether (sulfide) groups is 1. The first-order chi connectivity index (χ1) is 8.12. The summed E-state index contributed by atoms with van der Waals surface area (Å²) >= 11 is 2.10. The van der Waals surface area contributed by atoms with Gasteiger partial charge in [-0.1, -0.05) is 12.2 Å². The Morgan fingerprint density at radius 1 is 1.53 bits per heavy atom. The molecule has 3 nitrogen and oxygen atoms in total. The zero-order valence-corrected chi connectivity index (χ0v) is 11.5. The summed E-state index contributed by atoms with van der Waals surface area (Å²) < 4.78 is 0. The second-order valence-electron chi connectivity index (χ2n) is 5.42. The van der Waals surface area contributed by atoms with Crippen molar-refractivity contribution in [3.63, 3.8) is 0 Å². The van der Waals surface area contributed by atoms with Crippen molar-refractivity contribution in [2.75, 3.05) is 24.6 Å². The van der Waals surface area contributed by atoms with Gasteiger partial charge in [0.05, 0.1) is 6.54 Å². The van der Waals surface area contributed by atoms with Gasteiger partial charge in [0, 0.05) is 6.54 Å². The number of hydrogen-bond acceptors (Lipinski definition) is 2. The van der Waals surface area contributed by atoms with Crippen LogP contribution in [0.2, 0.25) is 0 Å². The summed E-state index contributed by atoms with van der Waals surface area (Å²) in [6.07, 6.45) is 4.17. The van der Waals surface area contributed by atoms with Crippen molar-refractivity contribution in [1.82, 2.24) is 5.32 Å². The van der Waals surface area contributed by atoms with Crippen LogP contribution in [-0.2, 0) is 0 Å². The van der Waals surface area contributed by atoms with Crippen molar-refractivity contribution in [2.24, 2.45) is 22.1 Å². The first kappa shape index (κ1) is 12.8. The molecule has 1 heterocycles. The fourth-order valence-corrected chi connectivity index (χ4v) is 3.92. The Kier molecular flexibility index (Phi) is 4.02. The number of nitrogens with one attached hydrogen (secondary N) is 1. The normalized spacial score (nSPS) is 26.9. The average Bonchev–Trinajstić information content (AvgIpc) is 2.97. The summed E-state index contributed by atoms with van der Waals surface area (Å²) in [5, 5.41) is 3.25. The van der Waals surface area contributed by atoms with E-state index in [9.17, 15) is 0 Å². The fraction of sp³-hybridized carbons (Fsp3) is 0.769. The molecule has 0 aromatic heterocycles. The van der Waals surface area contributed by atoms with E-state index in [1.54, 1.807) is 0 Å². The van der Waals surface area contributed by atoms with Crippen LogP contribution >= 0.6 is 11.8 Å². The van der Waals surface area contributed by atoms with Gasteiger partial charge in [0.2, 0.25) is 0 Å². The predicted molar refractivity (Wildman–Crippen MR) is 76.4 cm³/mol. The van der Waals surface area contributed by atoms with Crippen LogP contribution < -0.4 is 11.1 Å². The van der Waals surface area contributed by atoms with Crippen LogP contribution in [0.3, 0.4) is 0 Å². The smallest absolute Gasteiger partial charge is 0.188 e. The third-order valence-electron chi connectivity index (χ3n) is 3.90. The SMILES string of the molecule is C=C(C)CN=C(N)NCC1CC12CCSCC2. The van der Waals surface area contributed by atoms with Gasteiger partial charge >= 0.3 is 0 Å². The largest absolute Gasteiger partial charge is 0.370 e. The molecule has 4 heteroatoms. The molecule has 1 spiro atoms. The number of nitrogens with zero attached hydrogens (tertiary/aromatic N) is 1. The molecule has 17 heavy (non-hydrogen) atoms. The summed E-state index contributed by atoms with van der Waals surface area (Å²) in [5.41, 5.74) is 7.51. The van der Waals surface area contributed by atoms with Crippen LogP contribution in [0.5, 0.6) is 0 Å². The Labute approximate surface area is 108 Å². The van der Waals surface area contributed by atoms with Crippen LogP contribution in [-0.4, -0.2) is 30.6 Å². The first-order valence-corrected chi connectivity index (χ1v) is 7.54. The van der Waals surface area contributed by atoms with Gasteiger partial charge in [-0.25, -0.2) is 4.99 Å². The van der Waals surface area contributed by atoms with E-state index in [0.29, 0.717) is 17.9 Å². The molecule has 0 radical (unpaired) electrons. The third kappa shape index (κ3) is 3.41. The molecule has 3 N–H and O–H groups in total. The lowest BCUT2D eigenvalue weighted by molar-refractivity contribution is 0.417. The van der Waals surface area contributed by atoms with Crippen LogP contribution in [0.1, 0.15) is 26.2 Å². The van der Waals surface area contributed by atoms with Crippen molar-refractivity contribution in [1.29, 1.82) is 0 Å². The third-order valence-corrected chi connectivity index (χ3v) is 4.88. The van der Waals surface area contributed by atoms with Gasteiger partial charge in [0.25, 0.3) is 0 Å². The van der Waals surface area contributed by atoms with Crippen molar-refractivity contribution in [2.45, 2.75) is 26.2 Å². The number of nitrogens with two attached hydrogens (primary N) is 1. The molecule has 0 aromatic carbocycles. The molecule has 2 rings (SSSR count). The number of guanidine groups is 1. The summed E-state index contributed by atoms with van der Waals surface area (Å²) in [7, 11) is 0. The van der Waals surface area contributed by atoms with Gasteiger partial charge in [-0.2, -0.15) is 11.8 Å². The van der Waals surface area contributed by atoms with E-state index in [2.05, 4.69) is 28.7 Å². The molecule has 0 amide bonds. The zero-order valence-electron chi connectivity index (χ0n) is 10.7. The Morgan fingerprint density at radius 2 is 2.24 bits per heavy atom. The molecule has 2 fully saturated rings. The molecule has 1 saturated carbocycles. The minimum atomic E-state index is 0.570. The van der Waals surface area contributed by atoms with E-state index in [-0.39, 0.29) is 0 Å². The Morgan fingerprint density at radius 3 is 2.88 bits per heavy atom. The summed E-state index contributed by atoms with van der Waals surface area (Å²) in [6, 6.07) is 0. The predicted octanol–water partition coefficient (Wildman–Crippen LogP) is 2.00. The maximum atomic E-state index is 5.81. The molecule has 96 valence electrons. The minimum Gasteiger partial charge on any atom is -0.370 e. The Hall–Kier alpha value is -0.640. The highest BCUT2D eigenvalue weighted by Gasteiger charge is 2.53. The quantitative estimate of drug-likeness (QED) is 0.458. The van der Waals surface area contributed by atoms with Crippen molar-refractivity contribution in [3.8, 4) is 0 Å². The monoisotopic (exact) mass is 253 g/mol. The molecule has 2 aliphatic rings. The van der Waals surface area contributed by atoms with Gasteiger partial charge in [-0.15, -0.1) is 0 Å². The van der Waals surface area contributed by atoms with Gasteiger partial charge in [-0.05, 0) is 49.0 Å². The lowest BCUT2D eigenvalue weighted by atomic mass is 9.96. The van der Waals surface area contributed by atoms with E-state index in [1.165, 1.54) is 30.8 Å². The van der Waals surface area contributed by atoms with E-state index in [4.69, 9.17) is 5.73 Å². The van der Waals surface area contributed by atoms with Crippen molar-refractivity contribution in [3.05, 3.63) is 12.2 Å². The Balaban J connectivity index is 1.69. The second kappa shape index (κ2) is 5.34. The van der Waals surface area contributed by atoms with Crippen LogP contribution in [0.25, 0.3) is 0 Å². The second-order valence-corrected chi connectivity index (χ2v) is 6.64. The topological polar surface area (TPSA) is 50.4 Å². The maximum absolute atomic E-state index is 5.81. The van der Waals surface area contributed by atoms with Crippen molar-refractivity contribution < 1.29 is 0 Å². The minimum absolute atomic E-state index is 0.570. The highest BCUT2D eigenvalue weighted by Crippen LogP contribution is 2.60. The number of hydrogen-bond donors (Lipinski definition) is 2. The molecule has 1 saturated heterocycles. The molecule has 1 aliphatic carbocycles. The van der Waals surface area contributed by atoms with Gasteiger partial charge in [-0.3, -0.25) is 0 Å². The standard InChI is InChI=1S/C13H23N3S/c1-10(2)8-15-12(14)16-9-11-7-13(11)3-5-17-6-4-13/h11H,1,3-9H2,2H3,(H3,14,15,16). The number of aliphatic imine (C=N–C) groups is 1. The van der Waals surface area contributed by atoms with Crippen molar-refractivity contribution >= 4 is 17.7 Å². The first-order valence-electron chi connectivity index (χ1n) is 6.38. The van der Waals surface area contributed by atoms with Gasteiger partial charge in [0.1, 0.15) is 0 Å². The Bertz CT molecular complexity index is 319. The van der Waals surface area contributed by atoms with E-state index in [1.807, 2.05) is 6.92 Å². The number of rotatable bonds is 4. The molecule has 0 bridgehead atoms.